The second-order valence-electron chi connectivity index (χ2n) is 9.22. The molecule has 0 radical (unpaired) electrons. The molecule has 2 N–H and O–H groups in total. The number of amides is 1. The molecule has 162 valence electrons. The number of esters is 1. The lowest BCUT2D eigenvalue weighted by Crippen LogP contribution is -2.48. The fraction of sp³-hybridized carbons (Fsp3) is 0.609. The SMILES string of the molecule is CC(C)C[C@H](NC(=O)C(Cc1ccc(C(C)C)cc1)C(=O)O)C(=O)OC(C)(C)C. The minimum absolute atomic E-state index is 0.0578. The highest BCUT2D eigenvalue weighted by molar-refractivity contribution is 5.98. The lowest BCUT2D eigenvalue weighted by Gasteiger charge is -2.26. The third kappa shape index (κ3) is 8.67. The monoisotopic (exact) mass is 405 g/mol. The predicted octanol–water partition coefficient (Wildman–Crippen LogP) is 3.93. The largest absolute Gasteiger partial charge is 0.481 e. The van der Waals surface area contributed by atoms with Gasteiger partial charge in [-0.1, -0.05) is 52.0 Å². The number of hydrogen-bond donors (Lipinski definition) is 2. The predicted molar refractivity (Wildman–Crippen MR) is 113 cm³/mol. The molecular formula is C23H35NO5. The molecule has 1 aromatic rings. The molecule has 1 rings (SSSR count). The van der Waals surface area contributed by atoms with Gasteiger partial charge >= 0.3 is 11.9 Å². The number of carboxylic acid groups (broad SMARTS) is 1. The first-order valence-corrected chi connectivity index (χ1v) is 10.1. The molecule has 1 aromatic carbocycles. The Labute approximate surface area is 174 Å². The van der Waals surface area contributed by atoms with Crippen LogP contribution in [0.5, 0.6) is 0 Å². The number of carboxylic acids is 1. The van der Waals surface area contributed by atoms with E-state index in [-0.39, 0.29) is 12.3 Å². The summed E-state index contributed by atoms with van der Waals surface area (Å²) in [5.74, 6) is -3.24. The van der Waals surface area contributed by atoms with Gasteiger partial charge in [-0.25, -0.2) is 4.79 Å². The Morgan fingerprint density at radius 3 is 2.00 bits per heavy atom. The highest BCUT2D eigenvalue weighted by Gasteiger charge is 2.32. The average molecular weight is 406 g/mol. The smallest absolute Gasteiger partial charge is 0.329 e. The van der Waals surface area contributed by atoms with Crippen molar-refractivity contribution in [3.8, 4) is 0 Å². The van der Waals surface area contributed by atoms with Gasteiger partial charge < -0.3 is 15.2 Å². The maximum absolute atomic E-state index is 12.7. The quantitative estimate of drug-likeness (QED) is 0.480. The Kier molecular flexibility index (Phi) is 8.86. The molecule has 6 heteroatoms. The summed E-state index contributed by atoms with van der Waals surface area (Å²) in [5, 5.41) is 12.2. The maximum atomic E-state index is 12.7. The normalized spacial score (nSPS) is 13.8. The number of hydrogen-bond acceptors (Lipinski definition) is 4. The summed E-state index contributed by atoms with van der Waals surface area (Å²) in [6, 6.07) is 6.70. The Morgan fingerprint density at radius 2 is 1.59 bits per heavy atom. The first-order chi connectivity index (χ1) is 13.3. The van der Waals surface area contributed by atoms with E-state index < -0.39 is 35.4 Å². The summed E-state index contributed by atoms with van der Waals surface area (Å²) >= 11 is 0. The van der Waals surface area contributed by atoms with Crippen LogP contribution in [0, 0.1) is 11.8 Å². The van der Waals surface area contributed by atoms with Crippen molar-refractivity contribution < 1.29 is 24.2 Å². The van der Waals surface area contributed by atoms with Gasteiger partial charge in [0.15, 0.2) is 0 Å². The zero-order valence-corrected chi connectivity index (χ0v) is 18.6. The fourth-order valence-electron chi connectivity index (χ4n) is 2.90. The number of aliphatic carboxylic acids is 1. The van der Waals surface area contributed by atoms with Crippen LogP contribution in [0.2, 0.25) is 0 Å². The van der Waals surface area contributed by atoms with E-state index in [4.69, 9.17) is 4.74 Å². The molecule has 0 heterocycles. The Morgan fingerprint density at radius 1 is 1.03 bits per heavy atom. The van der Waals surface area contributed by atoms with Gasteiger partial charge in [0.1, 0.15) is 17.6 Å². The van der Waals surface area contributed by atoms with Gasteiger partial charge in [0, 0.05) is 0 Å². The Hall–Kier alpha value is -2.37. The molecule has 0 aliphatic carbocycles. The first kappa shape index (κ1) is 24.7. The highest BCUT2D eigenvalue weighted by atomic mass is 16.6. The molecule has 0 fully saturated rings. The van der Waals surface area contributed by atoms with Crippen molar-refractivity contribution in [2.24, 2.45) is 11.8 Å². The number of benzene rings is 1. The van der Waals surface area contributed by atoms with Crippen molar-refractivity contribution in [2.45, 2.75) is 78.9 Å². The van der Waals surface area contributed by atoms with Crippen molar-refractivity contribution >= 4 is 17.8 Å². The van der Waals surface area contributed by atoms with Gasteiger partial charge in [-0.05, 0) is 56.6 Å². The number of rotatable bonds is 9. The van der Waals surface area contributed by atoms with E-state index in [0.717, 1.165) is 11.1 Å². The van der Waals surface area contributed by atoms with E-state index in [2.05, 4.69) is 19.2 Å². The number of carbonyl (C=O) groups excluding carboxylic acids is 2. The molecule has 29 heavy (non-hydrogen) atoms. The van der Waals surface area contributed by atoms with E-state index >= 15 is 0 Å². The van der Waals surface area contributed by atoms with Crippen LogP contribution in [0.1, 0.15) is 71.9 Å². The van der Waals surface area contributed by atoms with Gasteiger partial charge in [-0.3, -0.25) is 9.59 Å². The van der Waals surface area contributed by atoms with E-state index in [1.165, 1.54) is 0 Å². The molecule has 6 nitrogen and oxygen atoms in total. The van der Waals surface area contributed by atoms with E-state index in [1.54, 1.807) is 20.8 Å². The molecule has 0 bridgehead atoms. The molecule has 0 saturated carbocycles. The van der Waals surface area contributed by atoms with Gasteiger partial charge in [0.2, 0.25) is 5.91 Å². The summed E-state index contributed by atoms with van der Waals surface area (Å²) in [7, 11) is 0. The van der Waals surface area contributed by atoms with Gasteiger partial charge in [0.05, 0.1) is 0 Å². The second kappa shape index (κ2) is 10.4. The van der Waals surface area contributed by atoms with Crippen molar-refractivity contribution in [2.75, 3.05) is 0 Å². The fourth-order valence-corrected chi connectivity index (χ4v) is 2.90. The first-order valence-electron chi connectivity index (χ1n) is 10.1. The minimum atomic E-state index is -1.28. The van der Waals surface area contributed by atoms with Crippen molar-refractivity contribution in [1.82, 2.24) is 5.32 Å². The summed E-state index contributed by atoms with van der Waals surface area (Å²) in [4.78, 5) is 37.0. The number of ether oxygens (including phenoxy) is 1. The highest BCUT2D eigenvalue weighted by Crippen LogP contribution is 2.18. The van der Waals surface area contributed by atoms with Crippen molar-refractivity contribution in [1.29, 1.82) is 0 Å². The Balaban J connectivity index is 2.94. The molecule has 1 unspecified atom stereocenters. The standard InChI is InChI=1S/C23H35NO5/c1-14(2)12-19(22(28)29-23(5,6)7)24-20(25)18(21(26)27)13-16-8-10-17(11-9-16)15(3)4/h8-11,14-15,18-19H,12-13H2,1-7H3,(H,24,25)(H,26,27)/t18?,19-/m0/s1. The van der Waals surface area contributed by atoms with Crippen LogP contribution >= 0.6 is 0 Å². The lowest BCUT2D eigenvalue weighted by molar-refractivity contribution is -0.160. The zero-order chi connectivity index (χ0) is 22.4. The van der Waals surface area contributed by atoms with E-state index in [9.17, 15) is 19.5 Å². The number of nitrogens with one attached hydrogen (secondary N) is 1. The van der Waals surface area contributed by atoms with Crippen LogP contribution in [0.3, 0.4) is 0 Å². The van der Waals surface area contributed by atoms with E-state index in [1.807, 2.05) is 38.1 Å². The van der Waals surface area contributed by atoms with Crippen LogP contribution in [0.4, 0.5) is 0 Å². The summed E-state index contributed by atoms with van der Waals surface area (Å²) in [6.45, 7) is 13.3. The second-order valence-corrected chi connectivity index (χ2v) is 9.22. The number of carbonyl (C=O) groups is 3. The zero-order valence-electron chi connectivity index (χ0n) is 18.6. The Bertz CT molecular complexity index is 701. The third-order valence-electron chi connectivity index (χ3n) is 4.42. The maximum Gasteiger partial charge on any atom is 0.329 e. The molecule has 0 aliphatic rings. The third-order valence-corrected chi connectivity index (χ3v) is 4.42. The van der Waals surface area contributed by atoms with Gasteiger partial charge in [-0.15, -0.1) is 0 Å². The molecular weight excluding hydrogens is 370 g/mol. The van der Waals surface area contributed by atoms with Crippen LogP contribution in [0.15, 0.2) is 24.3 Å². The van der Waals surface area contributed by atoms with Crippen LogP contribution in [-0.2, 0) is 25.5 Å². The molecule has 0 aromatic heterocycles. The average Bonchev–Trinajstić information content (AvgIpc) is 2.57. The van der Waals surface area contributed by atoms with E-state index in [0.29, 0.717) is 12.3 Å². The molecule has 1 amide bonds. The lowest BCUT2D eigenvalue weighted by atomic mass is 9.95. The molecule has 0 spiro atoms. The van der Waals surface area contributed by atoms with Crippen LogP contribution < -0.4 is 5.32 Å². The topological polar surface area (TPSA) is 92.7 Å². The summed E-state index contributed by atoms with van der Waals surface area (Å²) in [6.07, 6.45) is 0.429. The van der Waals surface area contributed by atoms with Crippen LogP contribution in [-0.4, -0.2) is 34.6 Å². The van der Waals surface area contributed by atoms with Gasteiger partial charge in [0.25, 0.3) is 0 Å². The summed E-state index contributed by atoms with van der Waals surface area (Å²) in [5.41, 5.74) is 1.21. The molecule has 2 atom stereocenters. The van der Waals surface area contributed by atoms with Crippen LogP contribution in [0.25, 0.3) is 0 Å². The van der Waals surface area contributed by atoms with Crippen molar-refractivity contribution in [3.63, 3.8) is 0 Å². The summed E-state index contributed by atoms with van der Waals surface area (Å²) < 4.78 is 5.39. The molecule has 0 aliphatic heterocycles. The minimum Gasteiger partial charge on any atom is -0.481 e. The van der Waals surface area contributed by atoms with Crippen molar-refractivity contribution in [3.05, 3.63) is 35.4 Å². The van der Waals surface area contributed by atoms with Gasteiger partial charge in [-0.2, -0.15) is 0 Å². The molecule has 0 saturated heterocycles.